The number of carboxylic acids is 1. The molecule has 1 atom stereocenters. The predicted molar refractivity (Wildman–Crippen MR) is 57.5 cm³/mol. The fourth-order valence-corrected chi connectivity index (χ4v) is 1.19. The Balaban J connectivity index is 3.84. The fourth-order valence-electron chi connectivity index (χ4n) is 1.19. The van der Waals surface area contributed by atoms with Crippen molar-refractivity contribution >= 4 is 5.97 Å². The molecule has 84 valence electrons. The Hall–Kier alpha value is -0.610. The van der Waals surface area contributed by atoms with Gasteiger partial charge in [-0.3, -0.25) is 4.79 Å². The summed E-state index contributed by atoms with van der Waals surface area (Å²) < 4.78 is 0. The maximum absolute atomic E-state index is 10.7. The molecule has 0 saturated heterocycles. The highest BCUT2D eigenvalue weighted by Gasteiger charge is 2.14. The third kappa shape index (κ3) is 5.94. The maximum Gasteiger partial charge on any atom is 0.307 e. The first-order valence-corrected chi connectivity index (χ1v) is 5.07. The Morgan fingerprint density at radius 3 is 2.29 bits per heavy atom. The lowest BCUT2D eigenvalue weighted by atomic mass is 10.1. The Morgan fingerprint density at radius 1 is 1.36 bits per heavy atom. The molecule has 0 aliphatic heterocycles. The van der Waals surface area contributed by atoms with Crippen molar-refractivity contribution in [3.8, 4) is 0 Å². The Kier molecular flexibility index (Phi) is 6.49. The van der Waals surface area contributed by atoms with E-state index in [2.05, 4.69) is 16.7 Å². The van der Waals surface area contributed by atoms with Gasteiger partial charge in [0, 0.05) is 19.6 Å². The van der Waals surface area contributed by atoms with E-state index in [1.54, 1.807) is 6.92 Å². The first-order valence-electron chi connectivity index (χ1n) is 5.07. The third-order valence-corrected chi connectivity index (χ3v) is 2.26. The van der Waals surface area contributed by atoms with E-state index >= 15 is 0 Å². The summed E-state index contributed by atoms with van der Waals surface area (Å²) in [7, 11) is 4.04. The van der Waals surface area contributed by atoms with Crippen molar-refractivity contribution < 1.29 is 9.90 Å². The number of rotatable bonds is 7. The van der Waals surface area contributed by atoms with Gasteiger partial charge in [0.1, 0.15) is 0 Å². The number of hydrogen-bond acceptors (Lipinski definition) is 3. The van der Waals surface area contributed by atoms with E-state index < -0.39 is 5.97 Å². The Labute approximate surface area is 86.5 Å². The van der Waals surface area contributed by atoms with Gasteiger partial charge < -0.3 is 14.9 Å². The molecular formula is C10H22N2O2. The summed E-state index contributed by atoms with van der Waals surface area (Å²) in [5, 5.41) is 8.77. The molecule has 0 saturated carbocycles. The molecule has 4 heteroatoms. The maximum atomic E-state index is 10.7. The average Bonchev–Trinajstić information content (AvgIpc) is 2.11. The number of hydrogen-bond donors (Lipinski definition) is 1. The van der Waals surface area contributed by atoms with E-state index in [0.29, 0.717) is 6.54 Å². The van der Waals surface area contributed by atoms with E-state index in [0.717, 1.165) is 19.6 Å². The van der Waals surface area contributed by atoms with Crippen molar-refractivity contribution in [1.82, 2.24) is 9.80 Å². The number of aliphatic carboxylic acids is 1. The zero-order chi connectivity index (χ0) is 11.1. The minimum atomic E-state index is -0.715. The molecule has 4 nitrogen and oxygen atoms in total. The molecule has 0 aromatic rings. The third-order valence-electron chi connectivity index (χ3n) is 2.26. The molecule has 0 heterocycles. The summed E-state index contributed by atoms with van der Waals surface area (Å²) in [4.78, 5) is 14.9. The van der Waals surface area contributed by atoms with Gasteiger partial charge >= 0.3 is 5.97 Å². The molecule has 0 radical (unpaired) electrons. The fraction of sp³-hybridized carbons (Fsp3) is 0.900. The van der Waals surface area contributed by atoms with Crippen LogP contribution in [0.3, 0.4) is 0 Å². The van der Waals surface area contributed by atoms with Gasteiger partial charge in [-0.25, -0.2) is 0 Å². The molecule has 0 bridgehead atoms. The van der Waals surface area contributed by atoms with Crippen LogP contribution in [0.15, 0.2) is 0 Å². The lowest BCUT2D eigenvalue weighted by Gasteiger charge is -2.23. The molecule has 0 rings (SSSR count). The zero-order valence-corrected chi connectivity index (χ0v) is 9.66. The number of likely N-dealkylation sites (N-methyl/N-ethyl adjacent to an activating group) is 2. The molecule has 1 unspecified atom stereocenters. The lowest BCUT2D eigenvalue weighted by Crippen LogP contribution is -2.36. The molecule has 0 spiro atoms. The van der Waals surface area contributed by atoms with Crippen molar-refractivity contribution in [3.05, 3.63) is 0 Å². The van der Waals surface area contributed by atoms with Crippen LogP contribution >= 0.6 is 0 Å². The predicted octanol–water partition coefficient (Wildman–Crippen LogP) is 0.591. The lowest BCUT2D eigenvalue weighted by molar-refractivity contribution is -0.141. The topological polar surface area (TPSA) is 43.8 Å². The number of carbonyl (C=O) groups is 1. The minimum Gasteiger partial charge on any atom is -0.481 e. The minimum absolute atomic E-state index is 0.280. The molecule has 1 N–H and O–H groups in total. The van der Waals surface area contributed by atoms with E-state index in [9.17, 15) is 4.79 Å². The smallest absolute Gasteiger partial charge is 0.307 e. The van der Waals surface area contributed by atoms with Crippen LogP contribution in [0.4, 0.5) is 0 Å². The van der Waals surface area contributed by atoms with Crippen LogP contribution in [-0.2, 0) is 4.79 Å². The second-order valence-electron chi connectivity index (χ2n) is 3.94. The molecule has 0 amide bonds. The second-order valence-corrected chi connectivity index (χ2v) is 3.94. The molecule has 0 aromatic carbocycles. The normalized spacial score (nSPS) is 13.6. The summed E-state index contributed by atoms with van der Waals surface area (Å²) in [6.45, 7) is 7.26. The van der Waals surface area contributed by atoms with Crippen LogP contribution in [0.1, 0.15) is 13.8 Å². The molecule has 0 aromatic heterocycles. The summed E-state index contributed by atoms with van der Waals surface area (Å²) in [6, 6.07) is 0. The summed E-state index contributed by atoms with van der Waals surface area (Å²) >= 11 is 0. The number of nitrogens with zero attached hydrogens (tertiary/aromatic N) is 2. The zero-order valence-electron chi connectivity index (χ0n) is 9.66. The van der Waals surface area contributed by atoms with Crippen LogP contribution in [-0.4, -0.2) is 61.2 Å². The standard InChI is InChI=1S/C10H22N2O2/c1-5-12(7-6-11(3)4)8-9(2)10(13)14/h9H,5-8H2,1-4H3,(H,13,14). The monoisotopic (exact) mass is 202 g/mol. The van der Waals surface area contributed by atoms with Crippen molar-refractivity contribution in [2.75, 3.05) is 40.3 Å². The van der Waals surface area contributed by atoms with Crippen molar-refractivity contribution in [2.24, 2.45) is 5.92 Å². The highest BCUT2D eigenvalue weighted by molar-refractivity contribution is 5.69. The quantitative estimate of drug-likeness (QED) is 0.656. The van der Waals surface area contributed by atoms with Crippen molar-refractivity contribution in [1.29, 1.82) is 0 Å². The summed E-state index contributed by atoms with van der Waals surface area (Å²) in [6.07, 6.45) is 0. The van der Waals surface area contributed by atoms with Crippen LogP contribution in [0.5, 0.6) is 0 Å². The van der Waals surface area contributed by atoms with E-state index in [-0.39, 0.29) is 5.92 Å². The van der Waals surface area contributed by atoms with Gasteiger partial charge in [-0.2, -0.15) is 0 Å². The van der Waals surface area contributed by atoms with Gasteiger partial charge in [-0.15, -0.1) is 0 Å². The highest BCUT2D eigenvalue weighted by Crippen LogP contribution is 1.99. The Bertz CT molecular complexity index is 172. The van der Waals surface area contributed by atoms with Gasteiger partial charge in [-0.05, 0) is 20.6 Å². The van der Waals surface area contributed by atoms with Crippen LogP contribution in [0.2, 0.25) is 0 Å². The van der Waals surface area contributed by atoms with E-state index in [1.165, 1.54) is 0 Å². The van der Waals surface area contributed by atoms with Crippen LogP contribution in [0.25, 0.3) is 0 Å². The molecule has 0 aliphatic carbocycles. The summed E-state index contributed by atoms with van der Waals surface area (Å²) in [5.74, 6) is -0.995. The van der Waals surface area contributed by atoms with Gasteiger partial charge in [0.15, 0.2) is 0 Å². The van der Waals surface area contributed by atoms with E-state index in [4.69, 9.17) is 5.11 Å². The molecule has 0 fully saturated rings. The summed E-state index contributed by atoms with van der Waals surface area (Å²) in [5.41, 5.74) is 0. The first-order chi connectivity index (χ1) is 6.47. The van der Waals surface area contributed by atoms with Gasteiger partial charge in [-0.1, -0.05) is 13.8 Å². The second kappa shape index (κ2) is 6.79. The average molecular weight is 202 g/mol. The largest absolute Gasteiger partial charge is 0.481 e. The van der Waals surface area contributed by atoms with Crippen molar-refractivity contribution in [2.45, 2.75) is 13.8 Å². The first kappa shape index (κ1) is 13.4. The van der Waals surface area contributed by atoms with Crippen LogP contribution in [0, 0.1) is 5.92 Å². The van der Waals surface area contributed by atoms with Gasteiger partial charge in [0.25, 0.3) is 0 Å². The highest BCUT2D eigenvalue weighted by atomic mass is 16.4. The SMILES string of the molecule is CCN(CCN(C)C)CC(C)C(=O)O. The molecular weight excluding hydrogens is 180 g/mol. The van der Waals surface area contributed by atoms with Gasteiger partial charge in [0.05, 0.1) is 5.92 Å². The Morgan fingerprint density at radius 2 is 1.93 bits per heavy atom. The van der Waals surface area contributed by atoms with Crippen molar-refractivity contribution in [3.63, 3.8) is 0 Å². The van der Waals surface area contributed by atoms with Gasteiger partial charge in [0.2, 0.25) is 0 Å². The van der Waals surface area contributed by atoms with E-state index in [1.807, 2.05) is 14.1 Å². The number of carboxylic acid groups (broad SMARTS) is 1. The van der Waals surface area contributed by atoms with Crippen LogP contribution < -0.4 is 0 Å². The molecule has 14 heavy (non-hydrogen) atoms. The molecule has 0 aliphatic rings.